The van der Waals surface area contributed by atoms with Crippen molar-refractivity contribution >= 4 is 62.3 Å². The molecule has 1 N–H and O–H groups in total. The van der Waals surface area contributed by atoms with E-state index in [2.05, 4.69) is 5.32 Å². The van der Waals surface area contributed by atoms with Crippen LogP contribution in [-0.2, 0) is 32.6 Å². The van der Waals surface area contributed by atoms with Gasteiger partial charge in [-0.3, -0.25) is 13.9 Å². The molecule has 5 rings (SSSR count). The third-order valence-electron chi connectivity index (χ3n) is 8.02. The first kappa shape index (κ1) is 33.8. The van der Waals surface area contributed by atoms with E-state index in [1.165, 1.54) is 23.1 Å². The van der Waals surface area contributed by atoms with Crippen LogP contribution in [-0.4, -0.2) is 43.8 Å². The minimum Gasteiger partial charge on any atom is -0.352 e. The van der Waals surface area contributed by atoms with Crippen LogP contribution >= 0.6 is 34.8 Å². The topological polar surface area (TPSA) is 86.8 Å². The van der Waals surface area contributed by atoms with Crippen molar-refractivity contribution < 1.29 is 18.0 Å². The number of halogens is 3. The van der Waals surface area contributed by atoms with Gasteiger partial charge >= 0.3 is 0 Å². The van der Waals surface area contributed by atoms with E-state index in [9.17, 15) is 18.0 Å². The lowest BCUT2D eigenvalue weighted by atomic mass is 10.0. The molecule has 2 amide bonds. The molecule has 7 nitrogen and oxygen atoms in total. The second kappa shape index (κ2) is 15.4. The molecule has 0 bridgehead atoms. The van der Waals surface area contributed by atoms with E-state index in [1.807, 2.05) is 30.3 Å². The third kappa shape index (κ3) is 8.42. The van der Waals surface area contributed by atoms with E-state index in [-0.39, 0.29) is 35.5 Å². The van der Waals surface area contributed by atoms with Gasteiger partial charge in [0.25, 0.3) is 10.0 Å². The lowest BCUT2D eigenvalue weighted by Crippen LogP contribution is -2.54. The Labute approximate surface area is 285 Å². The van der Waals surface area contributed by atoms with Crippen molar-refractivity contribution in [2.75, 3.05) is 10.8 Å². The van der Waals surface area contributed by atoms with Gasteiger partial charge in [-0.2, -0.15) is 0 Å². The lowest BCUT2D eigenvalue weighted by Gasteiger charge is -2.34. The molecule has 0 heterocycles. The number of amides is 2. The molecule has 0 radical (unpaired) electrons. The average Bonchev–Trinajstić information content (AvgIpc) is 3.57. The summed E-state index contributed by atoms with van der Waals surface area (Å²) in [6, 6.07) is 27.7. The van der Waals surface area contributed by atoms with Crippen molar-refractivity contribution in [1.82, 2.24) is 10.2 Å². The highest BCUT2D eigenvalue weighted by Gasteiger charge is 2.35. The molecule has 1 aliphatic rings. The van der Waals surface area contributed by atoms with Crippen molar-refractivity contribution in [1.29, 1.82) is 0 Å². The molecule has 11 heteroatoms. The standard InChI is InChI=1S/C35H34Cl3N3O4S/c36-27-12-9-15-29(22-27)41(46(44,45)30-16-5-2-6-17-30)24-34(42)40(23-26-18-19-31(37)32(38)20-26)33(21-25-10-3-1-4-11-25)35(43)39-28-13-7-8-14-28/h1-6,9-12,15-20,22,28,33H,7-8,13-14,21,23-24H2,(H,39,43)/t33-/m0/s1. The van der Waals surface area contributed by atoms with Crippen molar-refractivity contribution in [2.45, 2.75) is 55.6 Å². The Morgan fingerprint density at radius 2 is 1.46 bits per heavy atom. The summed E-state index contributed by atoms with van der Waals surface area (Å²) in [6.07, 6.45) is 3.98. The number of anilines is 1. The molecule has 1 saturated carbocycles. The van der Waals surface area contributed by atoms with Gasteiger partial charge in [0.15, 0.2) is 0 Å². The fraction of sp³-hybridized carbons (Fsp3) is 0.257. The normalized spacial score (nSPS) is 14.1. The van der Waals surface area contributed by atoms with Gasteiger partial charge in [-0.1, -0.05) is 108 Å². The minimum absolute atomic E-state index is 0.00844. The highest BCUT2D eigenvalue weighted by molar-refractivity contribution is 7.92. The minimum atomic E-state index is -4.22. The number of nitrogens with zero attached hydrogens (tertiary/aromatic N) is 2. The number of carbonyl (C=O) groups is 2. The molecule has 0 saturated heterocycles. The van der Waals surface area contributed by atoms with Gasteiger partial charge in [0.05, 0.1) is 20.6 Å². The number of rotatable bonds is 12. The van der Waals surface area contributed by atoms with Crippen molar-refractivity contribution in [2.24, 2.45) is 0 Å². The van der Waals surface area contributed by atoms with Crippen molar-refractivity contribution in [3.63, 3.8) is 0 Å². The van der Waals surface area contributed by atoms with Gasteiger partial charge in [0, 0.05) is 24.0 Å². The zero-order chi connectivity index (χ0) is 32.7. The Balaban J connectivity index is 1.57. The van der Waals surface area contributed by atoms with E-state index in [4.69, 9.17) is 34.8 Å². The molecule has 1 fully saturated rings. The second-order valence-corrected chi connectivity index (χ2v) is 14.4. The van der Waals surface area contributed by atoms with Crippen LogP contribution in [0.25, 0.3) is 0 Å². The third-order valence-corrected chi connectivity index (χ3v) is 10.8. The van der Waals surface area contributed by atoms with E-state index in [1.54, 1.807) is 54.6 Å². The highest BCUT2D eigenvalue weighted by atomic mass is 35.5. The predicted molar refractivity (Wildman–Crippen MR) is 184 cm³/mol. The summed E-state index contributed by atoms with van der Waals surface area (Å²) in [6.45, 7) is -0.596. The van der Waals surface area contributed by atoms with Gasteiger partial charge in [0.1, 0.15) is 12.6 Å². The van der Waals surface area contributed by atoms with E-state index in [0.717, 1.165) is 35.6 Å². The first-order valence-corrected chi connectivity index (χ1v) is 17.6. The van der Waals surface area contributed by atoms with Crippen LogP contribution < -0.4 is 9.62 Å². The zero-order valence-electron chi connectivity index (χ0n) is 25.0. The Morgan fingerprint density at radius 1 is 0.783 bits per heavy atom. The van der Waals surface area contributed by atoms with Crippen LogP contribution in [0.2, 0.25) is 15.1 Å². The number of benzene rings is 4. The monoisotopic (exact) mass is 697 g/mol. The quantitative estimate of drug-likeness (QED) is 0.166. The number of sulfonamides is 1. The van der Waals surface area contributed by atoms with Crippen LogP contribution in [0.4, 0.5) is 5.69 Å². The van der Waals surface area contributed by atoms with Crippen LogP contribution in [0.1, 0.15) is 36.8 Å². The summed E-state index contributed by atoms with van der Waals surface area (Å²) < 4.78 is 29.2. The van der Waals surface area contributed by atoms with Crippen LogP contribution in [0.3, 0.4) is 0 Å². The summed E-state index contributed by atoms with van der Waals surface area (Å²) in [4.78, 5) is 30.1. The fourth-order valence-corrected chi connectivity index (χ4v) is 7.57. The molecule has 0 aromatic heterocycles. The number of hydrogen-bond acceptors (Lipinski definition) is 4. The van der Waals surface area contributed by atoms with Gasteiger partial charge in [-0.25, -0.2) is 8.42 Å². The summed E-state index contributed by atoms with van der Waals surface area (Å²) >= 11 is 18.8. The first-order chi connectivity index (χ1) is 22.1. The van der Waals surface area contributed by atoms with Gasteiger partial charge in [0.2, 0.25) is 11.8 Å². The average molecular weight is 699 g/mol. The first-order valence-electron chi connectivity index (χ1n) is 15.0. The molecule has 1 aliphatic carbocycles. The summed E-state index contributed by atoms with van der Waals surface area (Å²) in [5.74, 6) is -0.877. The van der Waals surface area contributed by atoms with E-state index >= 15 is 0 Å². The van der Waals surface area contributed by atoms with Gasteiger partial charge < -0.3 is 10.2 Å². The molecule has 46 heavy (non-hydrogen) atoms. The van der Waals surface area contributed by atoms with Crippen LogP contribution in [0.15, 0.2) is 108 Å². The smallest absolute Gasteiger partial charge is 0.264 e. The molecule has 0 aliphatic heterocycles. The largest absolute Gasteiger partial charge is 0.352 e. The molecule has 1 atom stereocenters. The Bertz CT molecular complexity index is 1770. The number of carbonyl (C=O) groups excluding carboxylic acids is 2. The lowest BCUT2D eigenvalue weighted by molar-refractivity contribution is -0.140. The fourth-order valence-electron chi connectivity index (χ4n) is 5.64. The van der Waals surface area contributed by atoms with E-state index in [0.29, 0.717) is 20.6 Å². The SMILES string of the molecule is O=C(NC1CCCC1)[C@H](Cc1ccccc1)N(Cc1ccc(Cl)c(Cl)c1)C(=O)CN(c1cccc(Cl)c1)S(=O)(=O)c1ccccc1. The van der Waals surface area contributed by atoms with E-state index < -0.39 is 28.5 Å². The molecular weight excluding hydrogens is 665 g/mol. The molecule has 0 unspecified atom stereocenters. The molecular formula is C35H34Cl3N3O4S. The van der Waals surface area contributed by atoms with Crippen molar-refractivity contribution in [3.05, 3.63) is 129 Å². The molecule has 0 spiro atoms. The summed E-state index contributed by atoms with van der Waals surface area (Å²) in [5.41, 5.74) is 1.70. The Morgan fingerprint density at radius 3 is 2.11 bits per heavy atom. The summed E-state index contributed by atoms with van der Waals surface area (Å²) in [5, 5.41) is 4.12. The van der Waals surface area contributed by atoms with Gasteiger partial charge in [-0.15, -0.1) is 0 Å². The Kier molecular flexibility index (Phi) is 11.3. The zero-order valence-corrected chi connectivity index (χ0v) is 28.1. The summed E-state index contributed by atoms with van der Waals surface area (Å²) in [7, 11) is -4.22. The molecule has 4 aromatic carbocycles. The Hall–Kier alpha value is -3.56. The van der Waals surface area contributed by atoms with Crippen molar-refractivity contribution in [3.8, 4) is 0 Å². The molecule has 240 valence electrons. The maximum Gasteiger partial charge on any atom is 0.264 e. The van der Waals surface area contributed by atoms with Crippen LogP contribution in [0, 0.1) is 0 Å². The maximum atomic E-state index is 14.6. The van der Waals surface area contributed by atoms with Gasteiger partial charge in [-0.05, 0) is 66.4 Å². The number of nitrogens with one attached hydrogen (secondary N) is 1. The second-order valence-electron chi connectivity index (χ2n) is 11.3. The predicted octanol–water partition coefficient (Wildman–Crippen LogP) is 7.54. The number of hydrogen-bond donors (Lipinski definition) is 1. The molecule has 4 aromatic rings. The maximum absolute atomic E-state index is 14.6. The highest BCUT2D eigenvalue weighted by Crippen LogP contribution is 2.28. The van der Waals surface area contributed by atoms with Crippen LogP contribution in [0.5, 0.6) is 0 Å².